The van der Waals surface area contributed by atoms with Crippen LogP contribution in [0.1, 0.15) is 163 Å². The summed E-state index contributed by atoms with van der Waals surface area (Å²) in [5.74, 6) is 0.663. The molecule has 2 nitrogen and oxygen atoms in total. The summed E-state index contributed by atoms with van der Waals surface area (Å²) in [4.78, 5) is 12.3. The van der Waals surface area contributed by atoms with E-state index in [-0.39, 0.29) is 11.9 Å². The Morgan fingerprint density at radius 1 is 0.548 bits per heavy atom. The Hall–Kier alpha value is -0.530. The number of hydrogen-bond donors (Lipinski definition) is 0. The van der Waals surface area contributed by atoms with Crippen molar-refractivity contribution in [3.8, 4) is 0 Å². The van der Waals surface area contributed by atoms with Gasteiger partial charge in [-0.25, -0.2) is 0 Å². The Morgan fingerprint density at radius 2 is 0.935 bits per heavy atom. The standard InChI is InChI=1S/C29H58O2/c1-5-8-11-13-14-15-16-17-18-19-20-22-25-28(24-21-12-9-6-2)26-31-29(30)27(4)23-10-7-3/h27-28H,5-26H2,1-4H3. The summed E-state index contributed by atoms with van der Waals surface area (Å²) in [7, 11) is 0. The van der Waals surface area contributed by atoms with Gasteiger partial charge >= 0.3 is 5.97 Å². The molecule has 0 aromatic heterocycles. The molecule has 0 heterocycles. The first kappa shape index (κ1) is 30.5. The fraction of sp³-hybridized carbons (Fsp3) is 0.966. The lowest BCUT2D eigenvalue weighted by atomic mass is 9.94. The van der Waals surface area contributed by atoms with Gasteiger partial charge in [-0.15, -0.1) is 0 Å². The molecular weight excluding hydrogens is 380 g/mol. The molecule has 2 atom stereocenters. The lowest BCUT2D eigenvalue weighted by molar-refractivity contribution is -0.149. The lowest BCUT2D eigenvalue weighted by Gasteiger charge is -2.19. The van der Waals surface area contributed by atoms with Gasteiger partial charge in [0, 0.05) is 0 Å². The van der Waals surface area contributed by atoms with E-state index in [1.165, 1.54) is 116 Å². The highest BCUT2D eigenvalue weighted by molar-refractivity contribution is 5.71. The van der Waals surface area contributed by atoms with Crippen molar-refractivity contribution in [2.75, 3.05) is 6.61 Å². The number of unbranched alkanes of at least 4 members (excludes halogenated alkanes) is 15. The second kappa shape index (κ2) is 24.1. The molecule has 0 aliphatic carbocycles. The molecule has 0 saturated carbocycles. The van der Waals surface area contributed by atoms with E-state index in [9.17, 15) is 4.79 Å². The molecule has 0 rings (SSSR count). The SMILES string of the molecule is CCCCCCCCCCCCCCC(CCCCCC)COC(=O)C(C)CCCC. The Balaban J connectivity index is 3.89. The van der Waals surface area contributed by atoms with Crippen molar-refractivity contribution in [3.63, 3.8) is 0 Å². The number of rotatable bonds is 24. The van der Waals surface area contributed by atoms with Gasteiger partial charge in [-0.05, 0) is 25.2 Å². The maximum Gasteiger partial charge on any atom is 0.308 e. The van der Waals surface area contributed by atoms with Gasteiger partial charge in [0.2, 0.25) is 0 Å². The van der Waals surface area contributed by atoms with Gasteiger partial charge in [0.1, 0.15) is 0 Å². The zero-order valence-corrected chi connectivity index (χ0v) is 22.0. The number of esters is 1. The molecule has 0 aliphatic rings. The molecular formula is C29H58O2. The fourth-order valence-electron chi connectivity index (χ4n) is 4.42. The third-order valence-corrected chi connectivity index (χ3v) is 6.79. The molecule has 0 aromatic rings. The van der Waals surface area contributed by atoms with Gasteiger partial charge in [0.15, 0.2) is 0 Å². The van der Waals surface area contributed by atoms with Crippen LogP contribution in [0.5, 0.6) is 0 Å². The van der Waals surface area contributed by atoms with Crippen LogP contribution in [0.3, 0.4) is 0 Å². The van der Waals surface area contributed by atoms with Crippen molar-refractivity contribution < 1.29 is 9.53 Å². The van der Waals surface area contributed by atoms with Crippen LogP contribution in [-0.4, -0.2) is 12.6 Å². The molecule has 0 radical (unpaired) electrons. The Bertz CT molecular complexity index is 366. The molecule has 0 aromatic carbocycles. The lowest BCUT2D eigenvalue weighted by Crippen LogP contribution is -2.19. The summed E-state index contributed by atoms with van der Waals surface area (Å²) in [6.45, 7) is 9.41. The van der Waals surface area contributed by atoms with Gasteiger partial charge in [-0.3, -0.25) is 4.79 Å². The molecule has 0 saturated heterocycles. The maximum atomic E-state index is 12.3. The first-order valence-electron chi connectivity index (χ1n) is 14.3. The third kappa shape index (κ3) is 21.1. The highest BCUT2D eigenvalue weighted by Crippen LogP contribution is 2.21. The minimum atomic E-state index is 0.0294. The van der Waals surface area contributed by atoms with E-state index in [1.807, 2.05) is 6.92 Å². The van der Waals surface area contributed by atoms with Crippen molar-refractivity contribution in [2.24, 2.45) is 11.8 Å². The zero-order valence-electron chi connectivity index (χ0n) is 22.0. The number of hydrogen-bond acceptors (Lipinski definition) is 2. The molecule has 0 aliphatic heterocycles. The van der Waals surface area contributed by atoms with Crippen molar-refractivity contribution in [2.45, 2.75) is 163 Å². The average Bonchev–Trinajstić information content (AvgIpc) is 2.78. The molecule has 0 N–H and O–H groups in total. The first-order chi connectivity index (χ1) is 15.2. The van der Waals surface area contributed by atoms with E-state index < -0.39 is 0 Å². The molecule has 0 bridgehead atoms. The van der Waals surface area contributed by atoms with Crippen LogP contribution in [-0.2, 0) is 9.53 Å². The van der Waals surface area contributed by atoms with E-state index in [1.54, 1.807) is 0 Å². The largest absolute Gasteiger partial charge is 0.465 e. The Labute approximate surface area is 196 Å². The van der Waals surface area contributed by atoms with Gasteiger partial charge in [0.25, 0.3) is 0 Å². The fourth-order valence-corrected chi connectivity index (χ4v) is 4.42. The molecule has 31 heavy (non-hydrogen) atoms. The highest BCUT2D eigenvalue weighted by Gasteiger charge is 2.17. The van der Waals surface area contributed by atoms with Gasteiger partial charge in [-0.1, -0.05) is 143 Å². The van der Waals surface area contributed by atoms with Gasteiger partial charge in [-0.2, -0.15) is 0 Å². The van der Waals surface area contributed by atoms with E-state index >= 15 is 0 Å². The van der Waals surface area contributed by atoms with E-state index in [0.717, 1.165) is 19.3 Å². The van der Waals surface area contributed by atoms with Crippen molar-refractivity contribution >= 4 is 5.97 Å². The first-order valence-corrected chi connectivity index (χ1v) is 14.3. The predicted octanol–water partition coefficient (Wildman–Crippen LogP) is 10.0. The third-order valence-electron chi connectivity index (χ3n) is 6.79. The summed E-state index contributed by atoms with van der Waals surface area (Å²) < 4.78 is 5.74. The summed E-state index contributed by atoms with van der Waals surface area (Å²) in [5, 5.41) is 0. The molecule has 2 heteroatoms. The maximum absolute atomic E-state index is 12.3. The summed E-state index contributed by atoms with van der Waals surface area (Å²) >= 11 is 0. The quantitative estimate of drug-likeness (QED) is 0.111. The van der Waals surface area contributed by atoms with Crippen LogP contribution >= 0.6 is 0 Å². The normalized spacial score (nSPS) is 13.3. The smallest absolute Gasteiger partial charge is 0.308 e. The monoisotopic (exact) mass is 438 g/mol. The minimum Gasteiger partial charge on any atom is -0.465 e. The molecule has 0 spiro atoms. The molecule has 0 amide bonds. The highest BCUT2D eigenvalue weighted by atomic mass is 16.5. The molecule has 2 unspecified atom stereocenters. The predicted molar refractivity (Wildman–Crippen MR) is 138 cm³/mol. The number of carbonyl (C=O) groups excluding carboxylic acids is 1. The van der Waals surface area contributed by atoms with Crippen LogP contribution in [0.2, 0.25) is 0 Å². The van der Waals surface area contributed by atoms with Crippen LogP contribution in [0, 0.1) is 11.8 Å². The van der Waals surface area contributed by atoms with E-state index in [4.69, 9.17) is 4.74 Å². The summed E-state index contributed by atoms with van der Waals surface area (Å²) in [6, 6.07) is 0. The van der Waals surface area contributed by atoms with Crippen LogP contribution in [0.15, 0.2) is 0 Å². The Morgan fingerprint density at radius 3 is 1.39 bits per heavy atom. The average molecular weight is 439 g/mol. The van der Waals surface area contributed by atoms with Crippen molar-refractivity contribution in [1.29, 1.82) is 0 Å². The number of ether oxygens (including phenoxy) is 1. The molecule has 0 fully saturated rings. The second-order valence-corrected chi connectivity index (χ2v) is 10.1. The van der Waals surface area contributed by atoms with Crippen molar-refractivity contribution in [3.05, 3.63) is 0 Å². The summed E-state index contributed by atoms with van der Waals surface area (Å²) in [5.41, 5.74) is 0. The Kier molecular flexibility index (Phi) is 23.7. The van der Waals surface area contributed by atoms with Gasteiger partial charge < -0.3 is 4.74 Å². The summed E-state index contributed by atoms with van der Waals surface area (Å²) in [6.07, 6.45) is 27.7. The van der Waals surface area contributed by atoms with Crippen molar-refractivity contribution in [1.82, 2.24) is 0 Å². The topological polar surface area (TPSA) is 26.3 Å². The second-order valence-electron chi connectivity index (χ2n) is 10.1. The van der Waals surface area contributed by atoms with Gasteiger partial charge in [0.05, 0.1) is 12.5 Å². The minimum absolute atomic E-state index is 0.0294. The van der Waals surface area contributed by atoms with E-state index in [2.05, 4.69) is 20.8 Å². The van der Waals surface area contributed by atoms with Crippen LogP contribution < -0.4 is 0 Å². The van der Waals surface area contributed by atoms with Crippen LogP contribution in [0.25, 0.3) is 0 Å². The van der Waals surface area contributed by atoms with E-state index in [0.29, 0.717) is 12.5 Å². The number of carbonyl (C=O) groups is 1. The molecule has 186 valence electrons. The zero-order chi connectivity index (χ0) is 23.0. The van der Waals surface area contributed by atoms with Crippen LogP contribution in [0.4, 0.5) is 0 Å².